The summed E-state index contributed by atoms with van der Waals surface area (Å²) in [7, 11) is 0. The summed E-state index contributed by atoms with van der Waals surface area (Å²) in [6, 6.07) is 4.10. The van der Waals surface area contributed by atoms with Crippen LogP contribution in [0.4, 0.5) is 0 Å². The number of ether oxygens (including phenoxy) is 2. The van der Waals surface area contributed by atoms with Gasteiger partial charge in [-0.3, -0.25) is 0 Å². The second-order valence-electron chi connectivity index (χ2n) is 5.74. The van der Waals surface area contributed by atoms with E-state index < -0.39 is 0 Å². The molecule has 1 rings (SSSR count). The van der Waals surface area contributed by atoms with Gasteiger partial charge in [0.25, 0.3) is 0 Å². The lowest BCUT2D eigenvalue weighted by Gasteiger charge is -2.18. The number of hydrogen-bond donors (Lipinski definition) is 0. The Kier molecular flexibility index (Phi) is 5.52. The standard InChI is InChI=1S/C16H26O2/c1-11(2)9-17-15-8-7-13(5)14(6)16(15)18-10-12(3)4/h7-8,11-12H,9-10H2,1-6H3. The molecule has 1 aromatic rings. The van der Waals surface area contributed by atoms with E-state index >= 15 is 0 Å². The SMILES string of the molecule is Cc1ccc(OCC(C)C)c(OCC(C)C)c1C. The van der Waals surface area contributed by atoms with Crippen molar-refractivity contribution in [2.75, 3.05) is 13.2 Å². The van der Waals surface area contributed by atoms with Crippen molar-refractivity contribution in [3.8, 4) is 11.5 Å². The Labute approximate surface area is 111 Å². The first-order chi connectivity index (χ1) is 8.41. The van der Waals surface area contributed by atoms with Crippen molar-refractivity contribution in [3.05, 3.63) is 23.3 Å². The minimum Gasteiger partial charge on any atom is -0.489 e. The molecule has 0 spiro atoms. The van der Waals surface area contributed by atoms with Crippen molar-refractivity contribution >= 4 is 0 Å². The van der Waals surface area contributed by atoms with Crippen LogP contribution in [0.25, 0.3) is 0 Å². The van der Waals surface area contributed by atoms with Crippen LogP contribution in [0.2, 0.25) is 0 Å². The number of hydrogen-bond acceptors (Lipinski definition) is 2. The van der Waals surface area contributed by atoms with E-state index in [4.69, 9.17) is 9.47 Å². The molecule has 0 radical (unpaired) electrons. The highest BCUT2D eigenvalue weighted by Crippen LogP contribution is 2.33. The molecule has 0 saturated carbocycles. The van der Waals surface area contributed by atoms with Gasteiger partial charge < -0.3 is 9.47 Å². The van der Waals surface area contributed by atoms with E-state index in [9.17, 15) is 0 Å². The maximum Gasteiger partial charge on any atom is 0.164 e. The van der Waals surface area contributed by atoms with Gasteiger partial charge in [-0.2, -0.15) is 0 Å². The minimum atomic E-state index is 0.517. The summed E-state index contributed by atoms with van der Waals surface area (Å²) < 4.78 is 11.8. The molecular formula is C16H26O2. The molecule has 0 aliphatic heterocycles. The van der Waals surface area contributed by atoms with E-state index in [-0.39, 0.29) is 0 Å². The largest absolute Gasteiger partial charge is 0.489 e. The molecule has 0 bridgehead atoms. The Morgan fingerprint density at radius 3 is 2.00 bits per heavy atom. The molecule has 0 unspecified atom stereocenters. The van der Waals surface area contributed by atoms with Gasteiger partial charge in [-0.15, -0.1) is 0 Å². The van der Waals surface area contributed by atoms with E-state index in [0.29, 0.717) is 11.8 Å². The average Bonchev–Trinajstić information content (AvgIpc) is 2.29. The van der Waals surface area contributed by atoms with E-state index in [2.05, 4.69) is 47.6 Å². The van der Waals surface area contributed by atoms with E-state index in [1.807, 2.05) is 6.07 Å². The van der Waals surface area contributed by atoms with Gasteiger partial charge in [0.2, 0.25) is 0 Å². The molecule has 2 heteroatoms. The van der Waals surface area contributed by atoms with Crippen molar-refractivity contribution in [2.24, 2.45) is 11.8 Å². The molecule has 0 saturated heterocycles. The van der Waals surface area contributed by atoms with Crippen LogP contribution in [0.1, 0.15) is 38.8 Å². The maximum atomic E-state index is 5.92. The van der Waals surface area contributed by atoms with Gasteiger partial charge in [-0.25, -0.2) is 0 Å². The third kappa shape index (κ3) is 4.25. The minimum absolute atomic E-state index is 0.517. The molecule has 0 aliphatic rings. The molecule has 18 heavy (non-hydrogen) atoms. The molecule has 0 fully saturated rings. The quantitative estimate of drug-likeness (QED) is 0.746. The second-order valence-corrected chi connectivity index (χ2v) is 5.74. The lowest BCUT2D eigenvalue weighted by molar-refractivity contribution is 0.228. The topological polar surface area (TPSA) is 18.5 Å². The van der Waals surface area contributed by atoms with Crippen molar-refractivity contribution in [1.29, 1.82) is 0 Å². The molecule has 102 valence electrons. The zero-order valence-electron chi connectivity index (χ0n) is 12.5. The predicted molar refractivity (Wildman–Crippen MR) is 76.6 cm³/mol. The highest BCUT2D eigenvalue weighted by atomic mass is 16.5. The first-order valence-electron chi connectivity index (χ1n) is 6.77. The second kappa shape index (κ2) is 6.67. The average molecular weight is 250 g/mol. The van der Waals surface area contributed by atoms with E-state index in [1.165, 1.54) is 11.1 Å². The van der Waals surface area contributed by atoms with Crippen molar-refractivity contribution in [3.63, 3.8) is 0 Å². The Hall–Kier alpha value is -1.18. The molecule has 0 N–H and O–H groups in total. The normalized spacial score (nSPS) is 11.1. The monoisotopic (exact) mass is 250 g/mol. The molecule has 0 heterocycles. The van der Waals surface area contributed by atoms with Gasteiger partial charge in [0, 0.05) is 0 Å². The van der Waals surface area contributed by atoms with E-state index in [0.717, 1.165) is 24.7 Å². The predicted octanol–water partition coefficient (Wildman–Crippen LogP) is 4.37. The van der Waals surface area contributed by atoms with Crippen LogP contribution in [0, 0.1) is 25.7 Å². The van der Waals surface area contributed by atoms with Gasteiger partial charge in [0.05, 0.1) is 13.2 Å². The fourth-order valence-electron chi connectivity index (χ4n) is 1.56. The molecule has 0 aromatic heterocycles. The van der Waals surface area contributed by atoms with Crippen LogP contribution in [0.15, 0.2) is 12.1 Å². The molecular weight excluding hydrogens is 224 g/mol. The molecule has 2 nitrogen and oxygen atoms in total. The summed E-state index contributed by atoms with van der Waals surface area (Å²) in [6.45, 7) is 14.2. The highest BCUT2D eigenvalue weighted by molar-refractivity contribution is 5.49. The van der Waals surface area contributed by atoms with Gasteiger partial charge in [0.15, 0.2) is 11.5 Å². The van der Waals surface area contributed by atoms with Crippen molar-refractivity contribution in [2.45, 2.75) is 41.5 Å². The van der Waals surface area contributed by atoms with Crippen LogP contribution >= 0.6 is 0 Å². The zero-order valence-corrected chi connectivity index (χ0v) is 12.5. The van der Waals surface area contributed by atoms with Crippen LogP contribution in [0.3, 0.4) is 0 Å². The zero-order chi connectivity index (χ0) is 13.7. The third-order valence-corrected chi connectivity index (χ3v) is 2.77. The van der Waals surface area contributed by atoms with E-state index in [1.54, 1.807) is 0 Å². The molecule has 0 aliphatic carbocycles. The van der Waals surface area contributed by atoms with Gasteiger partial charge in [-0.1, -0.05) is 33.8 Å². The third-order valence-electron chi connectivity index (χ3n) is 2.77. The Morgan fingerprint density at radius 1 is 0.889 bits per heavy atom. The first-order valence-corrected chi connectivity index (χ1v) is 6.77. The van der Waals surface area contributed by atoms with Gasteiger partial charge in [-0.05, 0) is 42.9 Å². The number of rotatable bonds is 6. The van der Waals surface area contributed by atoms with Crippen molar-refractivity contribution in [1.82, 2.24) is 0 Å². The van der Waals surface area contributed by atoms with Crippen molar-refractivity contribution < 1.29 is 9.47 Å². The maximum absolute atomic E-state index is 5.92. The summed E-state index contributed by atoms with van der Waals surface area (Å²) in [5.74, 6) is 2.81. The Morgan fingerprint density at radius 2 is 1.44 bits per heavy atom. The molecule has 1 aromatic carbocycles. The fourth-order valence-corrected chi connectivity index (χ4v) is 1.56. The summed E-state index contributed by atoms with van der Waals surface area (Å²) in [5, 5.41) is 0. The van der Waals surface area contributed by atoms with Gasteiger partial charge in [0.1, 0.15) is 0 Å². The highest BCUT2D eigenvalue weighted by Gasteiger charge is 2.12. The lowest BCUT2D eigenvalue weighted by atomic mass is 10.1. The Bertz CT molecular complexity index is 381. The summed E-state index contributed by atoms with van der Waals surface area (Å²) in [4.78, 5) is 0. The lowest BCUT2D eigenvalue weighted by Crippen LogP contribution is -2.10. The van der Waals surface area contributed by atoms with Crippen LogP contribution < -0.4 is 9.47 Å². The fraction of sp³-hybridized carbons (Fsp3) is 0.625. The molecule has 0 amide bonds. The number of aryl methyl sites for hydroxylation is 1. The molecule has 0 atom stereocenters. The Balaban J connectivity index is 2.90. The summed E-state index contributed by atoms with van der Waals surface area (Å²) >= 11 is 0. The van der Waals surface area contributed by atoms with Gasteiger partial charge >= 0.3 is 0 Å². The van der Waals surface area contributed by atoms with Crippen LogP contribution in [0.5, 0.6) is 11.5 Å². The van der Waals surface area contributed by atoms with Crippen LogP contribution in [-0.4, -0.2) is 13.2 Å². The smallest absolute Gasteiger partial charge is 0.164 e. The van der Waals surface area contributed by atoms with Crippen LogP contribution in [-0.2, 0) is 0 Å². The first kappa shape index (κ1) is 14.9. The summed E-state index contributed by atoms with van der Waals surface area (Å²) in [6.07, 6.45) is 0. The number of benzene rings is 1. The summed E-state index contributed by atoms with van der Waals surface area (Å²) in [5.41, 5.74) is 2.42.